The Labute approximate surface area is 140 Å². The first kappa shape index (κ1) is 16.3. The topological polar surface area (TPSA) is 103 Å². The van der Waals surface area contributed by atoms with E-state index in [0.29, 0.717) is 6.42 Å². The van der Waals surface area contributed by atoms with Crippen LogP contribution in [0.5, 0.6) is 0 Å². The first-order valence-corrected chi connectivity index (χ1v) is 9.42. The van der Waals surface area contributed by atoms with E-state index in [0.717, 1.165) is 22.2 Å². The van der Waals surface area contributed by atoms with Gasteiger partial charge in [0.15, 0.2) is 9.84 Å². The summed E-state index contributed by atoms with van der Waals surface area (Å²) in [5, 5.41) is 12.9. The van der Waals surface area contributed by atoms with Gasteiger partial charge in [0, 0.05) is 28.2 Å². The van der Waals surface area contributed by atoms with Gasteiger partial charge in [-0.05, 0) is 25.5 Å². The van der Waals surface area contributed by atoms with Gasteiger partial charge in [-0.3, -0.25) is 4.79 Å². The average Bonchev–Trinajstić information content (AvgIpc) is 3.03. The molecule has 0 radical (unpaired) electrons. The van der Waals surface area contributed by atoms with Crippen molar-refractivity contribution in [3.8, 4) is 6.07 Å². The normalized spacial score (nSPS) is 20.0. The molecule has 0 bridgehead atoms. The summed E-state index contributed by atoms with van der Waals surface area (Å²) >= 11 is 0. The number of rotatable bonds is 3. The highest BCUT2D eigenvalue weighted by Gasteiger charge is 2.29. The van der Waals surface area contributed by atoms with Crippen LogP contribution in [0.15, 0.2) is 29.8 Å². The van der Waals surface area contributed by atoms with Gasteiger partial charge in [0.1, 0.15) is 11.6 Å². The molecular formula is C17H17N3O3S. The summed E-state index contributed by atoms with van der Waals surface area (Å²) < 4.78 is 22.9. The number of carbonyl (C=O) groups excluding carboxylic acids is 1. The fraction of sp³-hybridized carbons (Fsp3) is 0.294. The second-order valence-electron chi connectivity index (χ2n) is 5.95. The first-order valence-electron chi connectivity index (χ1n) is 7.60. The molecule has 24 heavy (non-hydrogen) atoms. The first-order chi connectivity index (χ1) is 11.4. The molecule has 1 fully saturated rings. The number of aromatic amines is 1. The number of H-pyrrole nitrogens is 1. The number of sulfone groups is 1. The molecule has 6 nitrogen and oxygen atoms in total. The van der Waals surface area contributed by atoms with Gasteiger partial charge < -0.3 is 10.3 Å². The fourth-order valence-electron chi connectivity index (χ4n) is 2.95. The SMILES string of the molecule is Cc1[nH]c2ccccc2c1/C=C(/C#N)C(=O)NC1CCS(=O)(=O)C1. The number of nitriles is 1. The van der Waals surface area contributed by atoms with Crippen LogP contribution < -0.4 is 5.32 Å². The van der Waals surface area contributed by atoms with Gasteiger partial charge in [0.05, 0.1) is 11.5 Å². The second-order valence-corrected chi connectivity index (χ2v) is 8.18. The van der Waals surface area contributed by atoms with Crippen molar-refractivity contribution < 1.29 is 13.2 Å². The molecule has 1 unspecified atom stereocenters. The molecule has 1 aliphatic rings. The Balaban J connectivity index is 1.88. The Morgan fingerprint density at radius 3 is 2.83 bits per heavy atom. The van der Waals surface area contributed by atoms with Gasteiger partial charge in [-0.2, -0.15) is 5.26 Å². The molecule has 3 rings (SSSR count). The third kappa shape index (κ3) is 3.19. The Morgan fingerprint density at radius 2 is 2.17 bits per heavy atom. The van der Waals surface area contributed by atoms with E-state index in [1.54, 1.807) is 6.08 Å². The third-order valence-electron chi connectivity index (χ3n) is 4.16. The van der Waals surface area contributed by atoms with Crippen LogP contribution in [0.4, 0.5) is 0 Å². The molecule has 1 saturated heterocycles. The fourth-order valence-corrected chi connectivity index (χ4v) is 4.62. The number of carbonyl (C=O) groups is 1. The summed E-state index contributed by atoms with van der Waals surface area (Å²) in [6, 6.07) is 9.13. The van der Waals surface area contributed by atoms with Crippen LogP contribution in [0, 0.1) is 18.3 Å². The van der Waals surface area contributed by atoms with Crippen LogP contribution in [-0.4, -0.2) is 36.9 Å². The molecule has 2 aromatic rings. The highest BCUT2D eigenvalue weighted by atomic mass is 32.2. The number of hydrogen-bond acceptors (Lipinski definition) is 4. The number of para-hydroxylation sites is 1. The number of aryl methyl sites for hydroxylation is 1. The van der Waals surface area contributed by atoms with E-state index in [1.807, 2.05) is 37.3 Å². The molecule has 1 atom stereocenters. The number of hydrogen-bond donors (Lipinski definition) is 2. The number of fused-ring (bicyclic) bond motifs is 1. The molecule has 2 heterocycles. The maximum Gasteiger partial charge on any atom is 0.262 e. The minimum absolute atomic E-state index is 0.0350. The molecule has 124 valence electrons. The summed E-state index contributed by atoms with van der Waals surface area (Å²) in [4.78, 5) is 15.5. The van der Waals surface area contributed by atoms with Gasteiger partial charge in [-0.25, -0.2) is 8.42 Å². The molecule has 0 aliphatic carbocycles. The average molecular weight is 343 g/mol. The number of aromatic nitrogens is 1. The van der Waals surface area contributed by atoms with Crippen molar-refractivity contribution in [3.05, 3.63) is 41.1 Å². The highest BCUT2D eigenvalue weighted by molar-refractivity contribution is 7.91. The van der Waals surface area contributed by atoms with E-state index in [2.05, 4.69) is 10.3 Å². The van der Waals surface area contributed by atoms with E-state index >= 15 is 0 Å². The minimum Gasteiger partial charge on any atom is -0.358 e. The Kier molecular flexibility index (Phi) is 4.16. The molecule has 1 aliphatic heterocycles. The molecule has 1 amide bonds. The van der Waals surface area contributed by atoms with Crippen molar-refractivity contribution in [1.29, 1.82) is 5.26 Å². The summed E-state index contributed by atoms with van der Waals surface area (Å²) in [7, 11) is -3.08. The van der Waals surface area contributed by atoms with Crippen molar-refractivity contribution in [2.75, 3.05) is 11.5 Å². The van der Waals surface area contributed by atoms with Crippen LogP contribution in [0.25, 0.3) is 17.0 Å². The smallest absolute Gasteiger partial charge is 0.262 e. The predicted molar refractivity (Wildman–Crippen MR) is 91.8 cm³/mol. The van der Waals surface area contributed by atoms with Crippen LogP contribution in [0.2, 0.25) is 0 Å². The lowest BCUT2D eigenvalue weighted by Gasteiger charge is -2.09. The Hall–Kier alpha value is -2.59. The monoisotopic (exact) mass is 343 g/mol. The number of nitrogens with zero attached hydrogens (tertiary/aromatic N) is 1. The van der Waals surface area contributed by atoms with Crippen LogP contribution in [-0.2, 0) is 14.6 Å². The second kappa shape index (κ2) is 6.13. The summed E-state index contributed by atoms with van der Waals surface area (Å²) in [5.74, 6) is -0.529. The van der Waals surface area contributed by atoms with E-state index < -0.39 is 21.8 Å². The van der Waals surface area contributed by atoms with Crippen molar-refractivity contribution in [2.45, 2.75) is 19.4 Å². The van der Waals surface area contributed by atoms with Crippen LogP contribution in [0.1, 0.15) is 17.7 Å². The molecule has 2 N–H and O–H groups in total. The predicted octanol–water partition coefficient (Wildman–Crippen LogP) is 1.69. The quantitative estimate of drug-likeness (QED) is 0.654. The maximum atomic E-state index is 12.3. The summed E-state index contributed by atoms with van der Waals surface area (Å²) in [6.45, 7) is 1.88. The molecule has 1 aromatic carbocycles. The molecule has 0 saturated carbocycles. The van der Waals surface area contributed by atoms with Crippen LogP contribution in [0.3, 0.4) is 0 Å². The van der Waals surface area contributed by atoms with Crippen molar-refractivity contribution >= 4 is 32.7 Å². The zero-order chi connectivity index (χ0) is 17.3. The third-order valence-corrected chi connectivity index (χ3v) is 5.93. The summed E-state index contributed by atoms with van der Waals surface area (Å²) in [5.41, 5.74) is 2.55. The molecular weight excluding hydrogens is 326 g/mol. The lowest BCUT2D eigenvalue weighted by Crippen LogP contribution is -2.36. The lowest BCUT2D eigenvalue weighted by molar-refractivity contribution is -0.117. The van der Waals surface area contributed by atoms with Gasteiger partial charge in [-0.15, -0.1) is 0 Å². The lowest BCUT2D eigenvalue weighted by atomic mass is 10.1. The molecule has 1 aromatic heterocycles. The van der Waals surface area contributed by atoms with Crippen LogP contribution >= 0.6 is 0 Å². The summed E-state index contributed by atoms with van der Waals surface area (Å²) in [6.07, 6.45) is 1.94. The van der Waals surface area contributed by atoms with E-state index in [4.69, 9.17) is 0 Å². The molecule has 0 spiro atoms. The van der Waals surface area contributed by atoms with Crippen molar-refractivity contribution in [1.82, 2.24) is 10.3 Å². The molecule has 7 heteroatoms. The zero-order valence-corrected chi connectivity index (χ0v) is 14.0. The number of benzene rings is 1. The highest BCUT2D eigenvalue weighted by Crippen LogP contribution is 2.24. The number of amides is 1. The minimum atomic E-state index is -3.08. The van der Waals surface area contributed by atoms with Gasteiger partial charge >= 0.3 is 0 Å². The van der Waals surface area contributed by atoms with Crippen molar-refractivity contribution in [3.63, 3.8) is 0 Å². The Bertz CT molecular complexity index is 980. The van der Waals surface area contributed by atoms with Crippen molar-refractivity contribution in [2.24, 2.45) is 0 Å². The van der Waals surface area contributed by atoms with Gasteiger partial charge in [0.25, 0.3) is 5.91 Å². The van der Waals surface area contributed by atoms with Gasteiger partial charge in [0.2, 0.25) is 0 Å². The number of nitrogens with one attached hydrogen (secondary N) is 2. The van der Waals surface area contributed by atoms with E-state index in [9.17, 15) is 18.5 Å². The Morgan fingerprint density at radius 1 is 1.42 bits per heavy atom. The standard InChI is InChI=1S/C17H17N3O3S/c1-11-15(14-4-2-3-5-16(14)19-11)8-12(9-18)17(21)20-13-6-7-24(22,23)10-13/h2-5,8,13,19H,6-7,10H2,1H3,(H,20,21)/b12-8-. The van der Waals surface area contributed by atoms with Gasteiger partial charge in [-0.1, -0.05) is 18.2 Å². The maximum absolute atomic E-state index is 12.3. The van der Waals surface area contributed by atoms with E-state index in [1.165, 1.54) is 0 Å². The zero-order valence-electron chi connectivity index (χ0n) is 13.2. The largest absolute Gasteiger partial charge is 0.358 e. The van der Waals surface area contributed by atoms with E-state index in [-0.39, 0.29) is 17.1 Å².